The minimum Gasteiger partial charge on any atom is -0.496 e. The highest BCUT2D eigenvalue weighted by molar-refractivity contribution is 9.10. The number of methoxy groups -OCH3 is 1. The van der Waals surface area contributed by atoms with E-state index in [0.29, 0.717) is 11.3 Å². The van der Waals surface area contributed by atoms with Crippen LogP contribution in [0.15, 0.2) is 16.6 Å². The fourth-order valence-corrected chi connectivity index (χ4v) is 1.65. The first kappa shape index (κ1) is 12.0. The molecule has 0 aliphatic carbocycles. The zero-order valence-electron chi connectivity index (χ0n) is 9.30. The maximum Gasteiger partial charge on any atom is 0.257 e. The first-order valence-corrected chi connectivity index (χ1v) is 5.33. The lowest BCUT2D eigenvalue weighted by Crippen LogP contribution is -2.23. The van der Waals surface area contributed by atoms with Crippen molar-refractivity contribution >= 4 is 21.8 Å². The highest BCUT2D eigenvalue weighted by Crippen LogP contribution is 2.28. The summed E-state index contributed by atoms with van der Waals surface area (Å²) in [5.74, 6) is 0.556. The predicted molar refractivity (Wildman–Crippen MR) is 63.4 cm³/mol. The van der Waals surface area contributed by atoms with E-state index in [1.165, 1.54) is 4.90 Å². The van der Waals surface area contributed by atoms with Gasteiger partial charge in [-0.15, -0.1) is 0 Å². The van der Waals surface area contributed by atoms with Crippen molar-refractivity contribution in [1.29, 1.82) is 0 Å². The zero-order valence-corrected chi connectivity index (χ0v) is 10.9. The molecule has 0 radical (unpaired) electrons. The summed E-state index contributed by atoms with van der Waals surface area (Å²) < 4.78 is 6.09. The van der Waals surface area contributed by atoms with Crippen molar-refractivity contribution in [2.75, 3.05) is 21.2 Å². The third-order valence-electron chi connectivity index (χ3n) is 2.20. The number of carbonyl (C=O) groups excluding carboxylic acids is 1. The summed E-state index contributed by atoms with van der Waals surface area (Å²) in [7, 11) is 5.01. The van der Waals surface area contributed by atoms with Crippen LogP contribution in [0.4, 0.5) is 0 Å². The van der Waals surface area contributed by atoms with Gasteiger partial charge in [0, 0.05) is 18.6 Å². The Kier molecular flexibility index (Phi) is 3.74. The molecule has 1 amide bonds. The smallest absolute Gasteiger partial charge is 0.257 e. The van der Waals surface area contributed by atoms with Crippen molar-refractivity contribution in [3.8, 4) is 5.75 Å². The molecule has 0 saturated carbocycles. The Bertz CT molecular complexity index is 388. The first-order valence-electron chi connectivity index (χ1n) is 4.53. The lowest BCUT2D eigenvalue weighted by Gasteiger charge is -2.16. The summed E-state index contributed by atoms with van der Waals surface area (Å²) in [6.07, 6.45) is 0. The van der Waals surface area contributed by atoms with Crippen LogP contribution in [-0.4, -0.2) is 32.0 Å². The normalized spacial score (nSPS) is 9.93. The highest BCUT2D eigenvalue weighted by Gasteiger charge is 2.18. The van der Waals surface area contributed by atoms with Gasteiger partial charge in [-0.25, -0.2) is 0 Å². The van der Waals surface area contributed by atoms with E-state index in [1.807, 2.05) is 13.0 Å². The minimum atomic E-state index is -0.0503. The van der Waals surface area contributed by atoms with E-state index in [0.717, 1.165) is 10.0 Å². The van der Waals surface area contributed by atoms with E-state index in [2.05, 4.69) is 15.9 Å². The van der Waals surface area contributed by atoms with Crippen LogP contribution in [0.25, 0.3) is 0 Å². The predicted octanol–water partition coefficient (Wildman–Crippen LogP) is 2.47. The molecular weight excluding hydrogens is 258 g/mol. The highest BCUT2D eigenvalue weighted by atomic mass is 79.9. The quantitative estimate of drug-likeness (QED) is 0.827. The average molecular weight is 272 g/mol. The lowest BCUT2D eigenvalue weighted by atomic mass is 10.1. The summed E-state index contributed by atoms with van der Waals surface area (Å²) >= 11 is 3.40. The number of rotatable bonds is 2. The van der Waals surface area contributed by atoms with Gasteiger partial charge in [0.05, 0.1) is 12.7 Å². The Morgan fingerprint density at radius 1 is 1.40 bits per heavy atom. The molecule has 0 aromatic heterocycles. The van der Waals surface area contributed by atoms with Crippen LogP contribution in [0.3, 0.4) is 0 Å². The Labute approximate surface area is 98.2 Å². The van der Waals surface area contributed by atoms with E-state index < -0.39 is 0 Å². The van der Waals surface area contributed by atoms with Gasteiger partial charge in [-0.05, 0) is 24.6 Å². The van der Waals surface area contributed by atoms with Crippen LogP contribution in [-0.2, 0) is 0 Å². The van der Waals surface area contributed by atoms with Crippen LogP contribution in [0.1, 0.15) is 15.9 Å². The number of benzene rings is 1. The second kappa shape index (κ2) is 4.66. The van der Waals surface area contributed by atoms with Crippen molar-refractivity contribution in [1.82, 2.24) is 4.90 Å². The van der Waals surface area contributed by atoms with E-state index >= 15 is 0 Å². The summed E-state index contributed by atoms with van der Waals surface area (Å²) in [5.41, 5.74) is 1.50. The Morgan fingerprint density at radius 3 is 2.47 bits per heavy atom. The first-order chi connectivity index (χ1) is 6.99. The number of halogens is 1. The molecule has 82 valence electrons. The molecular formula is C11H14BrNO2. The van der Waals surface area contributed by atoms with Gasteiger partial charge in [-0.1, -0.05) is 15.9 Å². The van der Waals surface area contributed by atoms with Gasteiger partial charge in [-0.3, -0.25) is 4.79 Å². The van der Waals surface area contributed by atoms with E-state index in [9.17, 15) is 4.79 Å². The van der Waals surface area contributed by atoms with Gasteiger partial charge in [0.2, 0.25) is 0 Å². The molecule has 1 aromatic rings. The number of carbonyl (C=O) groups is 1. The number of hydrogen-bond donors (Lipinski definition) is 0. The van der Waals surface area contributed by atoms with Gasteiger partial charge in [0.1, 0.15) is 5.75 Å². The van der Waals surface area contributed by atoms with Gasteiger partial charge in [0.15, 0.2) is 0 Å². The lowest BCUT2D eigenvalue weighted by molar-refractivity contribution is 0.0823. The van der Waals surface area contributed by atoms with Crippen molar-refractivity contribution < 1.29 is 9.53 Å². The summed E-state index contributed by atoms with van der Waals surface area (Å²) in [4.78, 5) is 13.5. The van der Waals surface area contributed by atoms with Gasteiger partial charge >= 0.3 is 0 Å². The summed E-state index contributed by atoms with van der Waals surface area (Å²) in [5, 5.41) is 0. The molecule has 0 N–H and O–H groups in total. The summed E-state index contributed by atoms with van der Waals surface area (Å²) in [6, 6.07) is 3.66. The molecule has 1 aromatic carbocycles. The molecule has 4 heteroatoms. The standard InChI is InChI=1S/C11H14BrNO2/c1-7-8(12)5-6-9(15-4)10(7)11(14)13(2)3/h5-6H,1-4H3. The van der Waals surface area contributed by atoms with E-state index in [1.54, 1.807) is 27.3 Å². The molecule has 0 fully saturated rings. The Morgan fingerprint density at radius 2 is 2.00 bits per heavy atom. The van der Waals surface area contributed by atoms with Crippen molar-refractivity contribution in [3.05, 3.63) is 27.7 Å². The molecule has 0 unspecified atom stereocenters. The summed E-state index contributed by atoms with van der Waals surface area (Å²) in [6.45, 7) is 1.89. The number of amides is 1. The maximum atomic E-state index is 11.9. The van der Waals surface area contributed by atoms with Crippen molar-refractivity contribution in [2.24, 2.45) is 0 Å². The number of hydrogen-bond acceptors (Lipinski definition) is 2. The van der Waals surface area contributed by atoms with Crippen molar-refractivity contribution in [2.45, 2.75) is 6.92 Å². The largest absolute Gasteiger partial charge is 0.496 e. The third-order valence-corrected chi connectivity index (χ3v) is 3.06. The Balaban J connectivity index is 3.36. The Hall–Kier alpha value is -1.03. The van der Waals surface area contributed by atoms with E-state index in [-0.39, 0.29) is 5.91 Å². The SMILES string of the molecule is COc1ccc(Br)c(C)c1C(=O)N(C)C. The second-order valence-electron chi connectivity index (χ2n) is 3.45. The average Bonchev–Trinajstić information content (AvgIpc) is 2.20. The van der Waals surface area contributed by atoms with Gasteiger partial charge in [0.25, 0.3) is 5.91 Å². The topological polar surface area (TPSA) is 29.5 Å². The van der Waals surface area contributed by atoms with Gasteiger partial charge in [-0.2, -0.15) is 0 Å². The van der Waals surface area contributed by atoms with Crippen LogP contribution in [0, 0.1) is 6.92 Å². The molecule has 0 heterocycles. The minimum absolute atomic E-state index is 0.0503. The molecule has 0 aliphatic rings. The third kappa shape index (κ3) is 2.31. The maximum absolute atomic E-state index is 11.9. The monoisotopic (exact) mass is 271 g/mol. The fraction of sp³-hybridized carbons (Fsp3) is 0.364. The van der Waals surface area contributed by atoms with E-state index in [4.69, 9.17) is 4.74 Å². The van der Waals surface area contributed by atoms with Crippen LogP contribution in [0.2, 0.25) is 0 Å². The molecule has 3 nitrogen and oxygen atoms in total. The molecule has 0 atom stereocenters. The number of nitrogens with zero attached hydrogens (tertiary/aromatic N) is 1. The number of ether oxygens (including phenoxy) is 1. The molecule has 15 heavy (non-hydrogen) atoms. The molecule has 0 spiro atoms. The fourth-order valence-electron chi connectivity index (χ4n) is 1.32. The molecule has 1 rings (SSSR count). The molecule has 0 bridgehead atoms. The van der Waals surface area contributed by atoms with Crippen LogP contribution in [0.5, 0.6) is 5.75 Å². The second-order valence-corrected chi connectivity index (χ2v) is 4.30. The molecule has 0 saturated heterocycles. The van der Waals surface area contributed by atoms with Crippen molar-refractivity contribution in [3.63, 3.8) is 0 Å². The van der Waals surface area contributed by atoms with Gasteiger partial charge < -0.3 is 9.64 Å². The van der Waals surface area contributed by atoms with Crippen LogP contribution < -0.4 is 4.74 Å². The van der Waals surface area contributed by atoms with Crippen LogP contribution >= 0.6 is 15.9 Å². The zero-order chi connectivity index (χ0) is 11.6. The molecule has 0 aliphatic heterocycles.